The molecule has 0 aromatic carbocycles. The molecule has 33 heavy (non-hydrogen) atoms. The normalized spacial score (nSPS) is 41.3. The second-order valence-electron chi connectivity index (χ2n) is 10.3. The van der Waals surface area contributed by atoms with E-state index in [1.165, 1.54) is 0 Å². The number of fused-ring (bicyclic) bond motifs is 3. The molecule has 4 N–H and O–H groups in total. The molecule has 2 amide bonds. The summed E-state index contributed by atoms with van der Waals surface area (Å²) in [6, 6.07) is 0. The van der Waals surface area contributed by atoms with Crippen LogP contribution in [0.1, 0.15) is 44.9 Å². The Morgan fingerprint density at radius 3 is 2.91 bits per heavy atom. The third kappa shape index (κ3) is 4.66. The Morgan fingerprint density at radius 2 is 2.06 bits per heavy atom. The maximum absolute atomic E-state index is 13.4. The molecule has 8 unspecified atom stereocenters. The van der Waals surface area contributed by atoms with Crippen LogP contribution in [0, 0.1) is 17.8 Å². The monoisotopic (exact) mass is 465 g/mol. The number of ether oxygens (including phenoxy) is 3. The van der Waals surface area contributed by atoms with Gasteiger partial charge in [0.2, 0.25) is 11.8 Å². The average Bonchev–Trinajstić information content (AvgIpc) is 3.30. The highest BCUT2D eigenvalue weighted by molar-refractivity contribution is 5.84. The van der Waals surface area contributed by atoms with Crippen molar-refractivity contribution < 1.29 is 23.8 Å². The van der Waals surface area contributed by atoms with E-state index in [4.69, 9.17) is 19.9 Å². The fourth-order valence-corrected chi connectivity index (χ4v) is 6.49. The number of likely N-dealkylation sites (tertiary alicyclic amines) is 1. The van der Waals surface area contributed by atoms with E-state index >= 15 is 0 Å². The first-order chi connectivity index (χ1) is 16.1. The molecule has 4 aliphatic heterocycles. The molecular weight excluding hydrogens is 426 g/mol. The molecule has 5 rings (SSSR count). The van der Waals surface area contributed by atoms with Crippen LogP contribution < -0.4 is 16.4 Å². The Labute approximate surface area is 195 Å². The maximum atomic E-state index is 13.4. The molecule has 10 heteroatoms. The van der Waals surface area contributed by atoms with E-state index < -0.39 is 12.1 Å². The quantitative estimate of drug-likeness (QED) is 0.493. The van der Waals surface area contributed by atoms with Crippen LogP contribution in [-0.4, -0.2) is 92.5 Å². The molecule has 10 nitrogen and oxygen atoms in total. The number of hydrogen-bond donors (Lipinski definition) is 3. The number of nitrogens with two attached hydrogens (primary N) is 1. The van der Waals surface area contributed by atoms with E-state index in [1.807, 2.05) is 4.90 Å². The minimum atomic E-state index is -0.459. The molecule has 4 heterocycles. The Morgan fingerprint density at radius 1 is 1.21 bits per heavy atom. The zero-order chi connectivity index (χ0) is 22.9. The standard InChI is InChI=1S/C23H39N5O5/c1-31-9-8-28-20(24)15(11-16-21(28)26-19-4-2-3-7-27(19)23(16)30)22(29)25-12-14-5-6-17-18(10-14)33-13-32-17/h14-21,26H,2-13,24H2,1H3,(H,25,29). The van der Waals surface area contributed by atoms with Gasteiger partial charge in [-0.3, -0.25) is 19.8 Å². The Balaban J connectivity index is 1.25. The van der Waals surface area contributed by atoms with Gasteiger partial charge >= 0.3 is 0 Å². The fraction of sp³-hybridized carbons (Fsp3) is 0.913. The topological polar surface area (TPSA) is 118 Å². The Hall–Kier alpha value is -1.30. The number of amides is 2. The van der Waals surface area contributed by atoms with Crippen LogP contribution in [0.25, 0.3) is 0 Å². The minimum absolute atomic E-state index is 0.0531. The molecule has 0 bridgehead atoms. The summed E-state index contributed by atoms with van der Waals surface area (Å²) in [7, 11) is 1.66. The van der Waals surface area contributed by atoms with Gasteiger partial charge in [-0.15, -0.1) is 0 Å². The van der Waals surface area contributed by atoms with Crippen molar-refractivity contribution in [2.24, 2.45) is 23.5 Å². The minimum Gasteiger partial charge on any atom is -0.383 e. The number of nitrogens with one attached hydrogen (secondary N) is 2. The lowest BCUT2D eigenvalue weighted by Crippen LogP contribution is -2.74. The lowest BCUT2D eigenvalue weighted by atomic mass is 9.80. The third-order valence-electron chi connectivity index (χ3n) is 8.37. The SMILES string of the molecule is COCCN1C(N)C(C(=O)NCC2CCC3OCOC3C2)CC2C(=O)N3CCCCC3NC21. The first-order valence-electron chi connectivity index (χ1n) is 12.6. The summed E-state index contributed by atoms with van der Waals surface area (Å²) < 4.78 is 16.6. The fourth-order valence-electron chi connectivity index (χ4n) is 6.49. The summed E-state index contributed by atoms with van der Waals surface area (Å²) in [5.41, 5.74) is 6.67. The van der Waals surface area contributed by atoms with Crippen molar-refractivity contribution >= 4 is 11.8 Å². The number of methoxy groups -OCH3 is 1. The highest BCUT2D eigenvalue weighted by Gasteiger charge is 2.52. The van der Waals surface area contributed by atoms with E-state index in [-0.39, 0.29) is 42.3 Å². The van der Waals surface area contributed by atoms with Crippen molar-refractivity contribution in [3.63, 3.8) is 0 Å². The molecule has 1 aliphatic carbocycles. The summed E-state index contributed by atoms with van der Waals surface area (Å²) in [4.78, 5) is 30.8. The van der Waals surface area contributed by atoms with E-state index in [0.29, 0.717) is 38.8 Å². The third-order valence-corrected chi connectivity index (χ3v) is 8.37. The number of hydrogen-bond acceptors (Lipinski definition) is 8. The molecule has 5 fully saturated rings. The highest BCUT2D eigenvalue weighted by Crippen LogP contribution is 2.36. The van der Waals surface area contributed by atoms with Gasteiger partial charge in [0.05, 0.1) is 49.1 Å². The molecule has 4 saturated heterocycles. The predicted molar refractivity (Wildman–Crippen MR) is 119 cm³/mol. The maximum Gasteiger partial charge on any atom is 0.229 e. The number of carbonyl (C=O) groups excluding carboxylic acids is 2. The lowest BCUT2D eigenvalue weighted by Gasteiger charge is -2.55. The number of rotatable bonds is 6. The second-order valence-corrected chi connectivity index (χ2v) is 10.3. The van der Waals surface area contributed by atoms with Crippen molar-refractivity contribution in [2.75, 3.05) is 40.1 Å². The molecule has 0 aromatic rings. The van der Waals surface area contributed by atoms with Crippen molar-refractivity contribution in [2.45, 2.75) is 75.7 Å². The van der Waals surface area contributed by atoms with E-state index in [9.17, 15) is 9.59 Å². The summed E-state index contributed by atoms with van der Waals surface area (Å²) in [5, 5.41) is 6.84. The van der Waals surface area contributed by atoms with Gasteiger partial charge in [0.1, 0.15) is 6.79 Å². The number of nitrogens with zero attached hydrogens (tertiary/aromatic N) is 2. The molecule has 8 atom stereocenters. The van der Waals surface area contributed by atoms with Gasteiger partial charge in [-0.25, -0.2) is 0 Å². The van der Waals surface area contributed by atoms with Crippen molar-refractivity contribution in [3.8, 4) is 0 Å². The van der Waals surface area contributed by atoms with E-state index in [0.717, 1.165) is 45.1 Å². The second kappa shape index (κ2) is 10.1. The average molecular weight is 466 g/mol. The molecule has 0 spiro atoms. The summed E-state index contributed by atoms with van der Waals surface area (Å²) in [6.07, 6.45) is 6.30. The van der Waals surface area contributed by atoms with Gasteiger partial charge in [0, 0.05) is 26.7 Å². The van der Waals surface area contributed by atoms with Crippen LogP contribution in [0.2, 0.25) is 0 Å². The zero-order valence-electron chi connectivity index (χ0n) is 19.6. The summed E-state index contributed by atoms with van der Waals surface area (Å²) in [6.45, 7) is 2.86. The number of carbonyl (C=O) groups is 2. The van der Waals surface area contributed by atoms with Gasteiger partial charge in [-0.1, -0.05) is 0 Å². The first-order valence-corrected chi connectivity index (χ1v) is 12.6. The number of piperidine rings is 2. The van der Waals surface area contributed by atoms with Crippen LogP contribution in [-0.2, 0) is 23.8 Å². The highest BCUT2D eigenvalue weighted by atomic mass is 16.7. The van der Waals surface area contributed by atoms with Crippen LogP contribution in [0.5, 0.6) is 0 Å². The van der Waals surface area contributed by atoms with Crippen molar-refractivity contribution in [3.05, 3.63) is 0 Å². The Bertz CT molecular complexity index is 725. The summed E-state index contributed by atoms with van der Waals surface area (Å²) >= 11 is 0. The van der Waals surface area contributed by atoms with Crippen LogP contribution in [0.4, 0.5) is 0 Å². The van der Waals surface area contributed by atoms with Crippen LogP contribution in [0.3, 0.4) is 0 Å². The van der Waals surface area contributed by atoms with Crippen LogP contribution in [0.15, 0.2) is 0 Å². The smallest absolute Gasteiger partial charge is 0.229 e. The van der Waals surface area contributed by atoms with Crippen molar-refractivity contribution in [1.82, 2.24) is 20.4 Å². The molecule has 0 radical (unpaired) electrons. The first kappa shape index (κ1) is 23.4. The zero-order valence-corrected chi connectivity index (χ0v) is 19.6. The molecule has 0 aromatic heterocycles. The van der Waals surface area contributed by atoms with Gasteiger partial charge < -0.3 is 30.2 Å². The van der Waals surface area contributed by atoms with Gasteiger partial charge in [-0.2, -0.15) is 0 Å². The van der Waals surface area contributed by atoms with Crippen molar-refractivity contribution in [1.29, 1.82) is 0 Å². The van der Waals surface area contributed by atoms with E-state index in [2.05, 4.69) is 15.5 Å². The largest absolute Gasteiger partial charge is 0.383 e. The van der Waals surface area contributed by atoms with Gasteiger partial charge in [0.15, 0.2) is 0 Å². The lowest BCUT2D eigenvalue weighted by molar-refractivity contribution is -0.163. The van der Waals surface area contributed by atoms with Crippen LogP contribution >= 0.6 is 0 Å². The van der Waals surface area contributed by atoms with Gasteiger partial charge in [0.25, 0.3) is 0 Å². The molecule has 5 aliphatic rings. The predicted octanol–water partition coefficient (Wildman–Crippen LogP) is -0.219. The van der Waals surface area contributed by atoms with E-state index in [1.54, 1.807) is 7.11 Å². The Kier molecular flexibility index (Phi) is 7.20. The molecule has 186 valence electrons. The van der Waals surface area contributed by atoms with Gasteiger partial charge in [-0.05, 0) is 50.9 Å². The molecule has 1 saturated carbocycles. The summed E-state index contributed by atoms with van der Waals surface area (Å²) in [5.74, 6) is -0.222. The molecular formula is C23H39N5O5.